The largest absolute Gasteiger partial charge is 0.452 e. The molecule has 1 saturated heterocycles. The van der Waals surface area contributed by atoms with Gasteiger partial charge in [0.2, 0.25) is 0 Å². The summed E-state index contributed by atoms with van der Waals surface area (Å²) in [6.07, 6.45) is 1.08. The molecular weight excluding hydrogens is 448 g/mol. The molecule has 0 unspecified atom stereocenters. The van der Waals surface area contributed by atoms with Crippen molar-refractivity contribution in [3.05, 3.63) is 64.7 Å². The lowest BCUT2D eigenvalue weighted by atomic mass is 10.00. The summed E-state index contributed by atoms with van der Waals surface area (Å²) in [6.45, 7) is 3.22. The van der Waals surface area contributed by atoms with E-state index in [2.05, 4.69) is 16.1 Å². The number of ether oxygens (including phenoxy) is 1. The Bertz CT molecular complexity index is 1060. The number of para-hydroxylation sites is 1. The van der Waals surface area contributed by atoms with Gasteiger partial charge in [-0.3, -0.25) is 15.0 Å². The number of hydrazine groups is 1. The molecule has 0 bridgehead atoms. The second-order valence-corrected chi connectivity index (χ2v) is 8.15. The quantitative estimate of drug-likeness (QED) is 0.381. The number of amides is 4. The molecule has 0 saturated carbocycles. The Hall–Kier alpha value is -3.59. The van der Waals surface area contributed by atoms with Gasteiger partial charge in [0.25, 0.3) is 11.8 Å². The molecule has 3 N–H and O–H groups in total. The minimum absolute atomic E-state index is 0.259. The van der Waals surface area contributed by atoms with Gasteiger partial charge < -0.3 is 15.4 Å². The van der Waals surface area contributed by atoms with Gasteiger partial charge in [0.15, 0.2) is 6.61 Å². The number of anilines is 1. The monoisotopic (exact) mass is 472 g/mol. The Kier molecular flexibility index (Phi) is 7.55. The second-order valence-electron chi connectivity index (χ2n) is 7.72. The van der Waals surface area contributed by atoms with Crippen LogP contribution < -0.4 is 16.1 Å². The standard InChI is InChI=1S/C23H25ClN4O5/c1-3-23(2)21(31)28(22(32)26-23)27-19(29)14-33-20(30)17-6-4-5-7-18(17)25-13-12-15-8-10-16(24)11-9-15/h4-11,25H,3,12-14H2,1-2H3,(H,26,32)(H,27,29)/t23-/m0/s1. The van der Waals surface area contributed by atoms with Gasteiger partial charge in [-0.2, -0.15) is 5.01 Å². The number of nitrogens with zero attached hydrogens (tertiary/aromatic N) is 1. The maximum Gasteiger partial charge on any atom is 0.344 e. The molecule has 0 aliphatic carbocycles. The minimum Gasteiger partial charge on any atom is -0.452 e. The van der Waals surface area contributed by atoms with E-state index in [1.165, 1.54) is 0 Å². The molecule has 2 aromatic rings. The maximum absolute atomic E-state index is 12.5. The summed E-state index contributed by atoms with van der Waals surface area (Å²) in [6, 6.07) is 13.5. The van der Waals surface area contributed by atoms with Crippen LogP contribution >= 0.6 is 11.6 Å². The molecule has 2 aromatic carbocycles. The fraction of sp³-hybridized carbons (Fsp3) is 0.304. The zero-order valence-electron chi connectivity index (χ0n) is 18.3. The summed E-state index contributed by atoms with van der Waals surface area (Å²) in [7, 11) is 0. The zero-order valence-corrected chi connectivity index (χ0v) is 19.1. The van der Waals surface area contributed by atoms with E-state index in [1.54, 1.807) is 38.1 Å². The number of carbonyl (C=O) groups excluding carboxylic acids is 4. The Balaban J connectivity index is 1.53. The molecule has 1 fully saturated rings. The lowest BCUT2D eigenvalue weighted by Gasteiger charge is -2.19. The smallest absolute Gasteiger partial charge is 0.344 e. The summed E-state index contributed by atoms with van der Waals surface area (Å²) in [5.41, 5.74) is 3.00. The molecule has 1 aliphatic rings. The highest BCUT2D eigenvalue weighted by atomic mass is 35.5. The number of hydrogen-bond acceptors (Lipinski definition) is 6. The summed E-state index contributed by atoms with van der Waals surface area (Å²) >= 11 is 5.90. The number of nitrogens with one attached hydrogen (secondary N) is 3. The van der Waals surface area contributed by atoms with Gasteiger partial charge in [-0.25, -0.2) is 9.59 Å². The fourth-order valence-corrected chi connectivity index (χ4v) is 3.33. The summed E-state index contributed by atoms with van der Waals surface area (Å²) in [5, 5.41) is 6.98. The van der Waals surface area contributed by atoms with Crippen LogP contribution in [0.4, 0.5) is 10.5 Å². The molecule has 10 heteroatoms. The highest BCUT2D eigenvalue weighted by Crippen LogP contribution is 2.19. The number of hydrogen-bond donors (Lipinski definition) is 3. The number of carbonyl (C=O) groups is 4. The van der Waals surface area contributed by atoms with Crippen molar-refractivity contribution >= 4 is 41.1 Å². The van der Waals surface area contributed by atoms with Crippen molar-refractivity contribution in [3.8, 4) is 0 Å². The summed E-state index contributed by atoms with van der Waals surface area (Å²) in [5.74, 6) is -2.10. The normalized spacial score (nSPS) is 17.5. The lowest BCUT2D eigenvalue weighted by molar-refractivity contribution is -0.139. The molecule has 1 aliphatic heterocycles. The Labute approximate surface area is 196 Å². The average Bonchev–Trinajstić information content (AvgIpc) is 3.02. The van der Waals surface area contributed by atoms with Crippen molar-refractivity contribution < 1.29 is 23.9 Å². The topological polar surface area (TPSA) is 117 Å². The molecule has 1 heterocycles. The second kappa shape index (κ2) is 10.4. The van der Waals surface area contributed by atoms with Gasteiger partial charge in [0.05, 0.1) is 5.56 Å². The van der Waals surface area contributed by atoms with Crippen LogP contribution in [0.5, 0.6) is 0 Å². The predicted molar refractivity (Wildman–Crippen MR) is 123 cm³/mol. The molecule has 9 nitrogen and oxygen atoms in total. The van der Waals surface area contributed by atoms with E-state index in [4.69, 9.17) is 16.3 Å². The SMILES string of the molecule is CC[C@]1(C)NC(=O)N(NC(=O)COC(=O)c2ccccc2NCCc2ccc(Cl)cc2)C1=O. The number of benzene rings is 2. The number of halogens is 1. The van der Waals surface area contributed by atoms with Crippen LogP contribution in [-0.2, 0) is 20.7 Å². The van der Waals surface area contributed by atoms with E-state index in [-0.39, 0.29) is 5.56 Å². The van der Waals surface area contributed by atoms with Crippen molar-refractivity contribution in [3.63, 3.8) is 0 Å². The summed E-state index contributed by atoms with van der Waals surface area (Å²) < 4.78 is 5.09. The van der Waals surface area contributed by atoms with E-state index >= 15 is 0 Å². The molecule has 174 valence electrons. The Morgan fingerprint density at radius 3 is 2.48 bits per heavy atom. The Morgan fingerprint density at radius 2 is 1.82 bits per heavy atom. The number of urea groups is 1. The van der Waals surface area contributed by atoms with Gasteiger partial charge in [0.1, 0.15) is 5.54 Å². The third kappa shape index (κ3) is 5.81. The third-order valence-electron chi connectivity index (χ3n) is 5.33. The van der Waals surface area contributed by atoms with Gasteiger partial charge >= 0.3 is 12.0 Å². The van der Waals surface area contributed by atoms with Gasteiger partial charge in [-0.1, -0.05) is 42.8 Å². The van der Waals surface area contributed by atoms with Gasteiger partial charge in [-0.05, 0) is 49.6 Å². The van der Waals surface area contributed by atoms with Crippen LogP contribution in [0.3, 0.4) is 0 Å². The molecule has 0 radical (unpaired) electrons. The molecule has 4 amide bonds. The fourth-order valence-electron chi connectivity index (χ4n) is 3.20. The van der Waals surface area contributed by atoms with Crippen LogP contribution in [0.15, 0.2) is 48.5 Å². The first-order valence-electron chi connectivity index (χ1n) is 10.4. The van der Waals surface area contributed by atoms with Gasteiger partial charge in [0, 0.05) is 17.3 Å². The summed E-state index contributed by atoms with van der Waals surface area (Å²) in [4.78, 5) is 49.0. The molecule has 33 heavy (non-hydrogen) atoms. The first-order valence-corrected chi connectivity index (χ1v) is 10.8. The van der Waals surface area contributed by atoms with Crippen molar-refractivity contribution in [2.24, 2.45) is 0 Å². The van der Waals surface area contributed by atoms with Crippen molar-refractivity contribution in [1.29, 1.82) is 0 Å². The number of rotatable bonds is 9. The number of imide groups is 1. The molecule has 0 aromatic heterocycles. The predicted octanol–water partition coefficient (Wildman–Crippen LogP) is 2.90. The van der Waals surface area contributed by atoms with E-state index in [1.807, 2.05) is 24.3 Å². The first-order chi connectivity index (χ1) is 15.7. The van der Waals surface area contributed by atoms with Crippen LogP contribution in [0.1, 0.15) is 36.2 Å². The van der Waals surface area contributed by atoms with Crippen molar-refractivity contribution in [1.82, 2.24) is 15.8 Å². The van der Waals surface area contributed by atoms with E-state index < -0.39 is 36.0 Å². The van der Waals surface area contributed by atoms with Crippen molar-refractivity contribution in [2.75, 3.05) is 18.5 Å². The number of esters is 1. The minimum atomic E-state index is -1.09. The van der Waals surface area contributed by atoms with Gasteiger partial charge in [-0.15, -0.1) is 0 Å². The highest BCUT2D eigenvalue weighted by molar-refractivity contribution is 6.30. The maximum atomic E-state index is 12.5. The van der Waals surface area contributed by atoms with Crippen LogP contribution in [0, 0.1) is 0 Å². The van der Waals surface area contributed by atoms with Crippen molar-refractivity contribution in [2.45, 2.75) is 32.2 Å². The molecular formula is C23H25ClN4O5. The molecule has 3 rings (SSSR count). The highest BCUT2D eigenvalue weighted by Gasteiger charge is 2.47. The average molecular weight is 473 g/mol. The molecule has 1 atom stereocenters. The lowest BCUT2D eigenvalue weighted by Crippen LogP contribution is -2.49. The Morgan fingerprint density at radius 1 is 1.12 bits per heavy atom. The molecule has 0 spiro atoms. The van der Waals surface area contributed by atoms with Crippen LogP contribution in [-0.4, -0.2) is 47.5 Å². The van der Waals surface area contributed by atoms with Crippen LogP contribution in [0.25, 0.3) is 0 Å². The third-order valence-corrected chi connectivity index (χ3v) is 5.58. The van der Waals surface area contributed by atoms with E-state index in [0.717, 1.165) is 5.56 Å². The van der Waals surface area contributed by atoms with E-state index in [0.29, 0.717) is 35.1 Å². The van der Waals surface area contributed by atoms with E-state index in [9.17, 15) is 19.2 Å². The zero-order chi connectivity index (χ0) is 24.0. The van der Waals surface area contributed by atoms with Crippen LogP contribution in [0.2, 0.25) is 5.02 Å². The first kappa shape index (κ1) is 24.1.